The Morgan fingerprint density at radius 2 is 1.92 bits per heavy atom. The fraction of sp³-hybridized carbons (Fsp3) is 0.276. The third kappa shape index (κ3) is 5.27. The molecule has 2 heterocycles. The molecule has 0 unspecified atom stereocenters. The number of nitrogens with zero attached hydrogens (tertiary/aromatic N) is 4. The van der Waals surface area contributed by atoms with Crippen molar-refractivity contribution in [1.29, 1.82) is 5.26 Å². The summed E-state index contributed by atoms with van der Waals surface area (Å²) in [4.78, 5) is 2.24. The zero-order valence-electron chi connectivity index (χ0n) is 20.5. The SMILES string of the molecule is CC(C)(F)[C@H](c1cc(F)cc(C#N)c1)C1CN(Cc2cccc(-c3nnco3)c2-c2ccc(Cl)cc2)C1. The van der Waals surface area contributed by atoms with Crippen LogP contribution in [0, 0.1) is 23.1 Å². The molecule has 0 amide bonds. The summed E-state index contributed by atoms with van der Waals surface area (Å²) in [5.74, 6) is -0.657. The fourth-order valence-electron chi connectivity index (χ4n) is 5.43. The molecule has 0 spiro atoms. The summed E-state index contributed by atoms with van der Waals surface area (Å²) < 4.78 is 35.1. The van der Waals surface area contributed by atoms with Crippen molar-refractivity contribution in [1.82, 2.24) is 15.1 Å². The second-order valence-corrected chi connectivity index (χ2v) is 10.4. The van der Waals surface area contributed by atoms with E-state index in [0.29, 0.717) is 36.1 Å². The van der Waals surface area contributed by atoms with Crippen molar-refractivity contribution in [3.63, 3.8) is 0 Å². The largest absolute Gasteiger partial charge is 0.423 e. The van der Waals surface area contributed by atoms with E-state index in [0.717, 1.165) is 22.3 Å². The molecule has 1 aromatic heterocycles. The summed E-state index contributed by atoms with van der Waals surface area (Å²) in [6, 6.07) is 19.6. The quantitative estimate of drug-likeness (QED) is 0.263. The Morgan fingerprint density at radius 1 is 1.16 bits per heavy atom. The van der Waals surface area contributed by atoms with E-state index < -0.39 is 17.4 Å². The van der Waals surface area contributed by atoms with E-state index in [1.165, 1.54) is 32.4 Å². The zero-order valence-corrected chi connectivity index (χ0v) is 21.2. The van der Waals surface area contributed by atoms with E-state index in [-0.39, 0.29) is 11.5 Å². The van der Waals surface area contributed by atoms with Crippen LogP contribution in [0.3, 0.4) is 0 Å². The number of nitriles is 1. The minimum absolute atomic E-state index is 0.0218. The topological polar surface area (TPSA) is 66.0 Å². The molecular weight excluding hydrogens is 494 g/mol. The molecule has 1 atom stereocenters. The molecule has 0 aliphatic carbocycles. The number of likely N-dealkylation sites (tertiary alicyclic amines) is 1. The number of hydrogen-bond donors (Lipinski definition) is 0. The molecular formula is C29H25ClF2N4O. The first kappa shape index (κ1) is 25.1. The molecule has 188 valence electrons. The Hall–Kier alpha value is -3.60. The second-order valence-electron chi connectivity index (χ2n) is 9.97. The molecule has 0 N–H and O–H groups in total. The van der Waals surface area contributed by atoms with Gasteiger partial charge in [0.25, 0.3) is 0 Å². The average molecular weight is 519 g/mol. The number of hydrogen-bond acceptors (Lipinski definition) is 5. The molecule has 5 rings (SSSR count). The summed E-state index contributed by atoms with van der Waals surface area (Å²) in [6.07, 6.45) is 1.30. The number of benzene rings is 3. The number of alkyl halides is 1. The summed E-state index contributed by atoms with van der Waals surface area (Å²) >= 11 is 6.13. The van der Waals surface area contributed by atoms with Crippen LogP contribution in [0.5, 0.6) is 0 Å². The second kappa shape index (κ2) is 10.0. The van der Waals surface area contributed by atoms with Crippen LogP contribution in [0.25, 0.3) is 22.6 Å². The molecule has 1 saturated heterocycles. The van der Waals surface area contributed by atoms with E-state index >= 15 is 4.39 Å². The van der Waals surface area contributed by atoms with Crippen molar-refractivity contribution in [2.24, 2.45) is 5.92 Å². The van der Waals surface area contributed by atoms with Gasteiger partial charge in [-0.1, -0.05) is 35.9 Å². The highest BCUT2D eigenvalue weighted by molar-refractivity contribution is 6.30. The van der Waals surface area contributed by atoms with Crippen molar-refractivity contribution in [2.45, 2.75) is 32.0 Å². The molecule has 0 saturated carbocycles. The lowest BCUT2D eigenvalue weighted by molar-refractivity contribution is 0.0213. The minimum Gasteiger partial charge on any atom is -0.423 e. The minimum atomic E-state index is -1.58. The first-order valence-corrected chi connectivity index (χ1v) is 12.4. The first-order chi connectivity index (χ1) is 17.7. The Labute approximate surface area is 219 Å². The van der Waals surface area contributed by atoms with Gasteiger partial charge in [-0.25, -0.2) is 8.78 Å². The molecule has 1 aliphatic heterocycles. The molecule has 0 radical (unpaired) electrons. The van der Waals surface area contributed by atoms with Crippen molar-refractivity contribution in [3.05, 3.63) is 94.6 Å². The van der Waals surface area contributed by atoms with E-state index in [2.05, 4.69) is 21.2 Å². The van der Waals surface area contributed by atoms with Crippen LogP contribution in [-0.2, 0) is 6.54 Å². The lowest BCUT2D eigenvalue weighted by Gasteiger charge is -2.47. The van der Waals surface area contributed by atoms with Gasteiger partial charge in [0.05, 0.1) is 11.6 Å². The molecule has 37 heavy (non-hydrogen) atoms. The predicted octanol–water partition coefficient (Wildman–Crippen LogP) is 7.03. The van der Waals surface area contributed by atoms with Gasteiger partial charge >= 0.3 is 0 Å². The van der Waals surface area contributed by atoms with Crippen molar-refractivity contribution >= 4 is 11.6 Å². The normalized spacial score (nSPS) is 15.2. The predicted molar refractivity (Wildman–Crippen MR) is 138 cm³/mol. The van der Waals surface area contributed by atoms with Gasteiger partial charge in [-0.05, 0) is 78.4 Å². The monoisotopic (exact) mass is 518 g/mol. The Morgan fingerprint density at radius 3 is 2.57 bits per heavy atom. The summed E-state index contributed by atoms with van der Waals surface area (Å²) in [5, 5.41) is 17.9. The van der Waals surface area contributed by atoms with Crippen LogP contribution in [0.4, 0.5) is 8.78 Å². The summed E-state index contributed by atoms with van der Waals surface area (Å²) in [6.45, 7) is 4.94. The molecule has 0 bridgehead atoms. The highest BCUT2D eigenvalue weighted by Gasteiger charge is 2.43. The highest BCUT2D eigenvalue weighted by Crippen LogP contribution is 2.43. The summed E-state index contributed by atoms with van der Waals surface area (Å²) in [5.41, 5.74) is 2.96. The maximum absolute atomic E-state index is 15.4. The lowest BCUT2D eigenvalue weighted by Crippen LogP contribution is -2.52. The fourth-order valence-corrected chi connectivity index (χ4v) is 5.56. The van der Waals surface area contributed by atoms with E-state index in [1.807, 2.05) is 42.5 Å². The number of aromatic nitrogens is 2. The molecule has 5 nitrogen and oxygen atoms in total. The van der Waals surface area contributed by atoms with Crippen LogP contribution < -0.4 is 0 Å². The lowest BCUT2D eigenvalue weighted by atomic mass is 9.72. The van der Waals surface area contributed by atoms with Crippen LogP contribution in [0.1, 0.15) is 36.5 Å². The van der Waals surface area contributed by atoms with Crippen LogP contribution >= 0.6 is 11.6 Å². The van der Waals surface area contributed by atoms with Crippen molar-refractivity contribution in [3.8, 4) is 28.7 Å². The van der Waals surface area contributed by atoms with Gasteiger partial charge in [-0.3, -0.25) is 4.90 Å². The van der Waals surface area contributed by atoms with E-state index in [9.17, 15) is 9.65 Å². The van der Waals surface area contributed by atoms with Gasteiger partial charge in [0.2, 0.25) is 12.3 Å². The van der Waals surface area contributed by atoms with E-state index in [1.54, 1.807) is 6.07 Å². The third-order valence-corrected chi connectivity index (χ3v) is 7.12. The maximum atomic E-state index is 15.4. The van der Waals surface area contributed by atoms with Gasteiger partial charge in [0.1, 0.15) is 11.5 Å². The average Bonchev–Trinajstić information content (AvgIpc) is 3.37. The third-order valence-electron chi connectivity index (χ3n) is 6.87. The standard InChI is InChI=1S/C29H25ClF2N4O/c1-29(2,32)27(21-10-18(13-33)11-24(31)12-21)22-15-36(16-22)14-20-4-3-5-25(28-35-34-17-37-28)26(20)19-6-8-23(30)9-7-19/h3-12,17,22,27H,14-16H2,1-2H3/t27-/m1/s1. The first-order valence-electron chi connectivity index (χ1n) is 12.0. The van der Waals surface area contributed by atoms with Crippen LogP contribution in [-0.4, -0.2) is 33.9 Å². The molecule has 1 aliphatic rings. The Kier molecular flexibility index (Phi) is 6.80. The van der Waals surface area contributed by atoms with Crippen LogP contribution in [0.2, 0.25) is 5.02 Å². The van der Waals surface area contributed by atoms with Crippen LogP contribution in [0.15, 0.2) is 71.5 Å². The molecule has 8 heteroatoms. The number of halogens is 3. The zero-order chi connectivity index (χ0) is 26.2. The van der Waals surface area contributed by atoms with E-state index in [4.69, 9.17) is 16.0 Å². The van der Waals surface area contributed by atoms with Gasteiger partial charge in [0.15, 0.2) is 0 Å². The Balaban J connectivity index is 1.42. The van der Waals surface area contributed by atoms with Crippen molar-refractivity contribution in [2.75, 3.05) is 13.1 Å². The molecule has 4 aromatic rings. The highest BCUT2D eigenvalue weighted by atomic mass is 35.5. The number of rotatable bonds is 7. The maximum Gasteiger partial charge on any atom is 0.248 e. The van der Waals surface area contributed by atoms with Gasteiger partial charge in [-0.15, -0.1) is 10.2 Å². The Bertz CT molecular complexity index is 1440. The molecule has 3 aromatic carbocycles. The van der Waals surface area contributed by atoms with Crippen molar-refractivity contribution < 1.29 is 13.2 Å². The van der Waals surface area contributed by atoms with Gasteiger partial charge < -0.3 is 4.42 Å². The smallest absolute Gasteiger partial charge is 0.248 e. The van der Waals surface area contributed by atoms with Gasteiger partial charge in [-0.2, -0.15) is 5.26 Å². The summed E-state index contributed by atoms with van der Waals surface area (Å²) in [7, 11) is 0. The molecule has 1 fully saturated rings. The van der Waals surface area contributed by atoms with Gasteiger partial charge in [0, 0.05) is 36.1 Å².